The molecule has 1 aromatic heterocycles. The Morgan fingerprint density at radius 2 is 1.93 bits per heavy atom. The Bertz CT molecular complexity index is 746. The number of carbonyl (C=O) groups is 2. The number of likely N-dealkylation sites (N-methyl/N-ethyl adjacent to an activating group) is 1. The molecule has 0 saturated carbocycles. The molecule has 2 heterocycles. The van der Waals surface area contributed by atoms with E-state index in [4.69, 9.17) is 0 Å². The molecule has 2 N–H and O–H groups in total. The second-order valence-electron chi connectivity index (χ2n) is 6.40. The first-order valence-electron chi connectivity index (χ1n) is 8.89. The Labute approximate surface area is 177 Å². The van der Waals surface area contributed by atoms with E-state index in [9.17, 15) is 9.59 Å². The van der Waals surface area contributed by atoms with Crippen molar-refractivity contribution in [1.82, 2.24) is 20.5 Å². The van der Waals surface area contributed by atoms with Gasteiger partial charge in [-0.3, -0.25) is 19.5 Å². The lowest BCUT2D eigenvalue weighted by atomic mass is 10.0. The summed E-state index contributed by atoms with van der Waals surface area (Å²) in [6.07, 6.45) is 5.09. The summed E-state index contributed by atoms with van der Waals surface area (Å²) in [4.78, 5) is 31.4. The first-order valence-corrected chi connectivity index (χ1v) is 8.89. The molecule has 3 rings (SSSR count). The molecular formula is C20H26Cl2N4O2. The number of likely N-dealkylation sites (tertiary alicyclic amines) is 1. The van der Waals surface area contributed by atoms with Gasteiger partial charge >= 0.3 is 0 Å². The highest BCUT2D eigenvalue weighted by atomic mass is 35.5. The monoisotopic (exact) mass is 424 g/mol. The molecule has 1 fully saturated rings. The minimum absolute atomic E-state index is 0. The van der Waals surface area contributed by atoms with E-state index in [1.807, 2.05) is 47.4 Å². The van der Waals surface area contributed by atoms with Crippen LogP contribution < -0.4 is 10.6 Å². The van der Waals surface area contributed by atoms with Gasteiger partial charge in [-0.2, -0.15) is 0 Å². The molecule has 28 heavy (non-hydrogen) atoms. The van der Waals surface area contributed by atoms with E-state index in [1.54, 1.807) is 19.4 Å². The van der Waals surface area contributed by atoms with Crippen molar-refractivity contribution in [2.24, 2.45) is 0 Å². The SMILES string of the molecule is CNC(=O)[C@@H](c1ccccc1)N1CCC[C@H]1C(=O)NCc1cccnc1.Cl.Cl. The molecular weight excluding hydrogens is 399 g/mol. The molecule has 0 bridgehead atoms. The van der Waals surface area contributed by atoms with Crippen LogP contribution in [0.15, 0.2) is 54.9 Å². The number of nitrogens with one attached hydrogen (secondary N) is 2. The predicted molar refractivity (Wildman–Crippen MR) is 114 cm³/mol. The number of halogens is 2. The molecule has 1 aliphatic heterocycles. The van der Waals surface area contributed by atoms with E-state index in [0.717, 1.165) is 30.5 Å². The smallest absolute Gasteiger partial charge is 0.241 e. The topological polar surface area (TPSA) is 74.3 Å². The molecule has 0 radical (unpaired) electrons. The molecule has 2 amide bonds. The number of rotatable bonds is 6. The third-order valence-corrected chi connectivity index (χ3v) is 4.73. The third kappa shape index (κ3) is 5.67. The second kappa shape index (κ2) is 11.6. The normalized spacial score (nSPS) is 17.0. The molecule has 0 spiro atoms. The number of carbonyl (C=O) groups excluding carboxylic acids is 2. The van der Waals surface area contributed by atoms with Crippen molar-refractivity contribution in [3.05, 3.63) is 66.0 Å². The van der Waals surface area contributed by atoms with Gasteiger partial charge in [0.1, 0.15) is 6.04 Å². The van der Waals surface area contributed by atoms with E-state index in [-0.39, 0.29) is 42.7 Å². The standard InChI is InChI=1S/C20H24N4O2.2ClH/c1-21-20(26)18(16-8-3-2-4-9-16)24-12-6-10-17(24)19(25)23-14-15-7-5-11-22-13-15;;/h2-5,7-9,11,13,17-18H,6,10,12,14H2,1H3,(H,21,26)(H,23,25);2*1H/t17-,18+;;/m0../s1. The van der Waals surface area contributed by atoms with Crippen LogP contribution in [0.4, 0.5) is 0 Å². The number of aromatic nitrogens is 1. The second-order valence-corrected chi connectivity index (χ2v) is 6.40. The summed E-state index contributed by atoms with van der Waals surface area (Å²) in [5, 5.41) is 5.72. The van der Waals surface area contributed by atoms with Crippen LogP contribution in [0.2, 0.25) is 0 Å². The third-order valence-electron chi connectivity index (χ3n) is 4.73. The van der Waals surface area contributed by atoms with E-state index in [2.05, 4.69) is 15.6 Å². The zero-order chi connectivity index (χ0) is 18.4. The number of pyridine rings is 1. The lowest BCUT2D eigenvalue weighted by Crippen LogP contribution is -2.48. The molecule has 8 heteroatoms. The Morgan fingerprint density at radius 1 is 1.18 bits per heavy atom. The summed E-state index contributed by atoms with van der Waals surface area (Å²) in [7, 11) is 1.63. The molecule has 2 aromatic rings. The van der Waals surface area contributed by atoms with Gasteiger partial charge in [-0.25, -0.2) is 0 Å². The van der Waals surface area contributed by atoms with Gasteiger partial charge in [-0.1, -0.05) is 36.4 Å². The summed E-state index contributed by atoms with van der Waals surface area (Å²) < 4.78 is 0. The zero-order valence-corrected chi connectivity index (χ0v) is 17.3. The fraction of sp³-hybridized carbons (Fsp3) is 0.350. The number of hydrogen-bond donors (Lipinski definition) is 2. The molecule has 6 nitrogen and oxygen atoms in total. The van der Waals surface area contributed by atoms with Gasteiger partial charge in [-0.15, -0.1) is 24.8 Å². The molecule has 0 aliphatic carbocycles. The maximum atomic E-state index is 12.8. The van der Waals surface area contributed by atoms with Crippen molar-refractivity contribution in [3.8, 4) is 0 Å². The fourth-order valence-corrected chi connectivity index (χ4v) is 3.45. The van der Waals surface area contributed by atoms with E-state index >= 15 is 0 Å². The van der Waals surface area contributed by atoms with Crippen LogP contribution in [-0.2, 0) is 16.1 Å². The Morgan fingerprint density at radius 3 is 2.57 bits per heavy atom. The summed E-state index contributed by atoms with van der Waals surface area (Å²) >= 11 is 0. The van der Waals surface area contributed by atoms with Crippen LogP contribution in [0.5, 0.6) is 0 Å². The van der Waals surface area contributed by atoms with Crippen LogP contribution in [0.25, 0.3) is 0 Å². The summed E-state index contributed by atoms with van der Waals surface area (Å²) in [6.45, 7) is 1.16. The van der Waals surface area contributed by atoms with E-state index in [1.165, 1.54) is 0 Å². The Kier molecular flexibility index (Phi) is 9.93. The number of benzene rings is 1. The number of amides is 2. The van der Waals surface area contributed by atoms with Crippen molar-refractivity contribution < 1.29 is 9.59 Å². The summed E-state index contributed by atoms with van der Waals surface area (Å²) in [5.41, 5.74) is 1.86. The van der Waals surface area contributed by atoms with Crippen LogP contribution in [0, 0.1) is 0 Å². The van der Waals surface area contributed by atoms with Gasteiger partial charge in [0.2, 0.25) is 11.8 Å². The van der Waals surface area contributed by atoms with Gasteiger partial charge in [-0.05, 0) is 30.0 Å². The quantitative estimate of drug-likeness (QED) is 0.746. The highest BCUT2D eigenvalue weighted by molar-refractivity contribution is 5.86. The van der Waals surface area contributed by atoms with Crippen molar-refractivity contribution in [2.75, 3.05) is 13.6 Å². The van der Waals surface area contributed by atoms with Crippen LogP contribution in [0.1, 0.15) is 30.0 Å². The van der Waals surface area contributed by atoms with Crippen LogP contribution in [0.3, 0.4) is 0 Å². The fourth-order valence-electron chi connectivity index (χ4n) is 3.45. The van der Waals surface area contributed by atoms with E-state index in [0.29, 0.717) is 6.54 Å². The van der Waals surface area contributed by atoms with Gasteiger partial charge in [0.25, 0.3) is 0 Å². The first kappa shape index (κ1) is 23.9. The maximum absolute atomic E-state index is 12.8. The van der Waals surface area contributed by atoms with Gasteiger partial charge < -0.3 is 10.6 Å². The van der Waals surface area contributed by atoms with Crippen molar-refractivity contribution in [2.45, 2.75) is 31.5 Å². The van der Waals surface area contributed by atoms with Gasteiger partial charge in [0, 0.05) is 32.5 Å². The first-order chi connectivity index (χ1) is 12.7. The average molecular weight is 425 g/mol. The van der Waals surface area contributed by atoms with Crippen molar-refractivity contribution in [3.63, 3.8) is 0 Å². The summed E-state index contributed by atoms with van der Waals surface area (Å²) in [6, 6.07) is 12.6. The minimum Gasteiger partial charge on any atom is -0.358 e. The molecule has 1 aliphatic rings. The molecule has 152 valence electrons. The molecule has 0 unspecified atom stereocenters. The number of nitrogens with zero attached hydrogens (tertiary/aromatic N) is 2. The summed E-state index contributed by atoms with van der Waals surface area (Å²) in [5.74, 6) is -0.139. The number of hydrogen-bond acceptors (Lipinski definition) is 4. The van der Waals surface area contributed by atoms with Crippen LogP contribution in [-0.4, -0.2) is 41.3 Å². The zero-order valence-electron chi connectivity index (χ0n) is 15.7. The predicted octanol–water partition coefficient (Wildman–Crippen LogP) is 2.49. The van der Waals surface area contributed by atoms with Crippen molar-refractivity contribution in [1.29, 1.82) is 0 Å². The maximum Gasteiger partial charge on any atom is 0.241 e. The molecule has 2 atom stereocenters. The highest BCUT2D eigenvalue weighted by Crippen LogP contribution is 2.30. The Balaban J connectivity index is 0.00000196. The van der Waals surface area contributed by atoms with Crippen LogP contribution >= 0.6 is 24.8 Å². The van der Waals surface area contributed by atoms with E-state index < -0.39 is 6.04 Å². The lowest BCUT2D eigenvalue weighted by Gasteiger charge is -2.31. The lowest BCUT2D eigenvalue weighted by molar-refractivity contribution is -0.131. The molecule has 1 aromatic carbocycles. The largest absolute Gasteiger partial charge is 0.358 e. The molecule has 1 saturated heterocycles. The van der Waals surface area contributed by atoms with Gasteiger partial charge in [0.15, 0.2) is 0 Å². The minimum atomic E-state index is -0.460. The van der Waals surface area contributed by atoms with Crippen molar-refractivity contribution >= 4 is 36.6 Å². The Hall–Kier alpha value is -2.15. The highest BCUT2D eigenvalue weighted by Gasteiger charge is 2.38. The van der Waals surface area contributed by atoms with Gasteiger partial charge in [0.05, 0.1) is 6.04 Å². The average Bonchev–Trinajstić information content (AvgIpc) is 3.17.